The van der Waals surface area contributed by atoms with E-state index in [1.165, 1.54) is 12.1 Å². The van der Waals surface area contributed by atoms with Gasteiger partial charge in [0.2, 0.25) is 0 Å². The third kappa shape index (κ3) is 7.04. The van der Waals surface area contributed by atoms with E-state index in [1.54, 1.807) is 18.2 Å². The second-order valence-electron chi connectivity index (χ2n) is 2.33. The molecular weight excluding hydrogens is 249 g/mol. The Labute approximate surface area is 96.0 Å². The highest BCUT2D eigenvalue weighted by Gasteiger charge is 2.26. The van der Waals surface area contributed by atoms with E-state index in [0.717, 1.165) is 0 Å². The molecule has 0 heterocycles. The van der Waals surface area contributed by atoms with Gasteiger partial charge in [-0.15, -0.1) is 25.6 Å². The van der Waals surface area contributed by atoms with Crippen LogP contribution in [-0.4, -0.2) is 23.1 Å². The molecule has 1 aromatic rings. The molecule has 6 N–H and O–H groups in total. The smallest absolute Gasteiger partial charge is 0.412 e. The van der Waals surface area contributed by atoms with Gasteiger partial charge < -0.3 is 16.7 Å². The van der Waals surface area contributed by atoms with Gasteiger partial charge in [-0.1, -0.05) is 30.3 Å². The molecular formula is C8H12ClF3N2O2. The average Bonchev–Trinajstić information content (AvgIpc) is 2.03. The van der Waals surface area contributed by atoms with Gasteiger partial charge >= 0.3 is 6.30 Å². The summed E-state index contributed by atoms with van der Waals surface area (Å²) >= 11 is 0. The van der Waals surface area contributed by atoms with Crippen LogP contribution in [0, 0.1) is 0 Å². The molecule has 0 radical (unpaired) electrons. The molecule has 0 spiro atoms. The first kappa shape index (κ1) is 20.1. The molecule has 0 unspecified atom stereocenters. The number of benzene rings is 1. The normalized spacial score (nSPS) is 10.6. The molecule has 4 nitrogen and oxygen atoms in total. The SMILES string of the molecule is Cl.NC(=NC(F)(F)F)c1ccccc1.O.O. The minimum absolute atomic E-state index is 0. The number of amidine groups is 1. The minimum atomic E-state index is -4.61. The van der Waals surface area contributed by atoms with Gasteiger partial charge in [0.25, 0.3) is 0 Å². The third-order valence-corrected chi connectivity index (χ3v) is 1.32. The predicted octanol–water partition coefficient (Wildman–Crippen LogP) is 0.684. The van der Waals surface area contributed by atoms with Crippen LogP contribution in [0.3, 0.4) is 0 Å². The zero-order valence-corrected chi connectivity index (χ0v) is 8.77. The number of halogens is 4. The molecule has 94 valence electrons. The number of hydrogen-bond donors (Lipinski definition) is 1. The molecule has 0 bridgehead atoms. The molecule has 0 aliphatic rings. The fourth-order valence-electron chi connectivity index (χ4n) is 0.810. The lowest BCUT2D eigenvalue weighted by atomic mass is 10.2. The molecule has 1 rings (SSSR count). The topological polar surface area (TPSA) is 101 Å². The third-order valence-electron chi connectivity index (χ3n) is 1.32. The van der Waals surface area contributed by atoms with Crippen LogP contribution in [0.4, 0.5) is 13.2 Å². The van der Waals surface area contributed by atoms with E-state index in [0.29, 0.717) is 0 Å². The van der Waals surface area contributed by atoms with Crippen LogP contribution in [0.15, 0.2) is 35.3 Å². The first-order valence-corrected chi connectivity index (χ1v) is 3.46. The molecule has 0 aliphatic heterocycles. The van der Waals surface area contributed by atoms with E-state index in [2.05, 4.69) is 4.99 Å². The fraction of sp³-hybridized carbons (Fsp3) is 0.125. The Morgan fingerprint density at radius 1 is 1.06 bits per heavy atom. The Balaban J connectivity index is -0.000000563. The van der Waals surface area contributed by atoms with Gasteiger partial charge in [-0.3, -0.25) is 0 Å². The summed E-state index contributed by atoms with van der Waals surface area (Å²) in [6.45, 7) is 0. The van der Waals surface area contributed by atoms with E-state index in [1.807, 2.05) is 0 Å². The molecule has 1 aromatic carbocycles. The van der Waals surface area contributed by atoms with Crippen molar-refractivity contribution in [3.8, 4) is 0 Å². The van der Waals surface area contributed by atoms with Gasteiger partial charge in [-0.25, -0.2) is 0 Å². The Bertz CT molecular complexity index is 317. The van der Waals surface area contributed by atoms with Crippen molar-refractivity contribution in [2.45, 2.75) is 6.30 Å². The van der Waals surface area contributed by atoms with Gasteiger partial charge in [-0.05, 0) is 0 Å². The van der Waals surface area contributed by atoms with Crippen molar-refractivity contribution < 1.29 is 24.1 Å². The number of aliphatic imine (C=N–C) groups is 1. The maximum Gasteiger partial charge on any atom is 0.505 e. The van der Waals surface area contributed by atoms with Crippen LogP contribution in [0.1, 0.15) is 5.56 Å². The van der Waals surface area contributed by atoms with E-state index in [4.69, 9.17) is 5.73 Å². The summed E-state index contributed by atoms with van der Waals surface area (Å²) in [4.78, 5) is 2.37. The predicted molar refractivity (Wildman–Crippen MR) is 57.7 cm³/mol. The molecule has 0 atom stereocenters. The summed E-state index contributed by atoms with van der Waals surface area (Å²) < 4.78 is 35.2. The van der Waals surface area contributed by atoms with Crippen molar-refractivity contribution in [1.82, 2.24) is 0 Å². The Morgan fingerprint density at radius 2 is 1.50 bits per heavy atom. The van der Waals surface area contributed by atoms with Gasteiger partial charge in [0.05, 0.1) is 0 Å². The maximum absolute atomic E-state index is 11.7. The molecule has 8 heteroatoms. The Morgan fingerprint density at radius 3 is 1.88 bits per heavy atom. The lowest BCUT2D eigenvalue weighted by molar-refractivity contribution is -0.119. The van der Waals surface area contributed by atoms with Gasteiger partial charge in [0.15, 0.2) is 0 Å². The monoisotopic (exact) mass is 260 g/mol. The molecule has 0 amide bonds. The van der Waals surface area contributed by atoms with Crippen molar-refractivity contribution in [2.75, 3.05) is 0 Å². The molecule has 0 fully saturated rings. The average molecular weight is 261 g/mol. The van der Waals surface area contributed by atoms with E-state index in [-0.39, 0.29) is 28.9 Å². The quantitative estimate of drug-likeness (QED) is 0.448. The number of nitrogens with two attached hydrogens (primary N) is 1. The van der Waals surface area contributed by atoms with Crippen molar-refractivity contribution >= 4 is 18.2 Å². The lowest BCUT2D eigenvalue weighted by Gasteiger charge is -2.02. The largest absolute Gasteiger partial charge is 0.505 e. The van der Waals surface area contributed by atoms with E-state index < -0.39 is 12.1 Å². The van der Waals surface area contributed by atoms with E-state index >= 15 is 0 Å². The van der Waals surface area contributed by atoms with Crippen LogP contribution in [0.25, 0.3) is 0 Å². The van der Waals surface area contributed by atoms with Gasteiger partial charge in [0, 0.05) is 5.56 Å². The standard InChI is InChI=1S/C8H7F3N2.ClH.2H2O/c9-8(10,11)13-7(12)6-4-2-1-3-5-6;;;/h1-5H,(H2,12,13);1H;2*1H2. The van der Waals surface area contributed by atoms with Crippen LogP contribution in [0.2, 0.25) is 0 Å². The minimum Gasteiger partial charge on any atom is -0.412 e. The highest BCUT2D eigenvalue weighted by Crippen LogP contribution is 2.16. The number of alkyl halides is 3. The maximum atomic E-state index is 11.7. The summed E-state index contributed by atoms with van der Waals surface area (Å²) in [6.07, 6.45) is -4.61. The van der Waals surface area contributed by atoms with Crippen LogP contribution in [0.5, 0.6) is 0 Å². The zero-order chi connectivity index (χ0) is 9.90. The molecule has 16 heavy (non-hydrogen) atoms. The molecule has 0 aromatic heterocycles. The van der Waals surface area contributed by atoms with Crippen LogP contribution in [-0.2, 0) is 0 Å². The van der Waals surface area contributed by atoms with Crippen molar-refractivity contribution in [2.24, 2.45) is 10.7 Å². The summed E-state index contributed by atoms with van der Waals surface area (Å²) in [5, 5.41) is 0. The second kappa shape index (κ2) is 7.91. The fourth-order valence-corrected chi connectivity index (χ4v) is 0.810. The van der Waals surface area contributed by atoms with Crippen molar-refractivity contribution in [3.05, 3.63) is 35.9 Å². The number of rotatable bonds is 1. The highest BCUT2D eigenvalue weighted by atomic mass is 35.5. The summed E-state index contributed by atoms with van der Waals surface area (Å²) in [6, 6.07) is 7.79. The van der Waals surface area contributed by atoms with E-state index in [9.17, 15) is 13.2 Å². The highest BCUT2D eigenvalue weighted by molar-refractivity contribution is 5.97. The van der Waals surface area contributed by atoms with Gasteiger partial charge in [0.1, 0.15) is 5.84 Å². The lowest BCUT2D eigenvalue weighted by Crippen LogP contribution is -2.18. The van der Waals surface area contributed by atoms with Crippen LogP contribution >= 0.6 is 12.4 Å². The Hall–Kier alpha value is -1.31. The summed E-state index contributed by atoms with van der Waals surface area (Å²) in [5.74, 6) is -0.520. The molecule has 0 saturated carbocycles. The first-order chi connectivity index (χ1) is 5.99. The number of nitrogens with zero attached hydrogens (tertiary/aromatic N) is 1. The van der Waals surface area contributed by atoms with Crippen molar-refractivity contribution in [1.29, 1.82) is 0 Å². The summed E-state index contributed by atoms with van der Waals surface area (Å²) in [7, 11) is 0. The summed E-state index contributed by atoms with van der Waals surface area (Å²) in [5.41, 5.74) is 5.37. The molecule has 0 saturated heterocycles. The second-order valence-corrected chi connectivity index (χ2v) is 2.33. The first-order valence-electron chi connectivity index (χ1n) is 3.46. The van der Waals surface area contributed by atoms with Gasteiger partial charge in [-0.2, -0.15) is 4.99 Å². The number of hydrogen-bond acceptors (Lipinski definition) is 1. The van der Waals surface area contributed by atoms with Crippen molar-refractivity contribution in [3.63, 3.8) is 0 Å². The zero-order valence-electron chi connectivity index (χ0n) is 7.95. The van der Waals surface area contributed by atoms with Crippen LogP contribution < -0.4 is 5.73 Å². The molecule has 0 aliphatic carbocycles. The Kier molecular flexibility index (Phi) is 9.97.